The van der Waals surface area contributed by atoms with E-state index < -0.39 is 11.4 Å². The van der Waals surface area contributed by atoms with Crippen LogP contribution in [0.1, 0.15) is 58.8 Å². The molecule has 104 valence electrons. The van der Waals surface area contributed by atoms with Gasteiger partial charge in [-0.2, -0.15) is 0 Å². The van der Waals surface area contributed by atoms with E-state index >= 15 is 0 Å². The van der Waals surface area contributed by atoms with Crippen molar-refractivity contribution in [3.8, 4) is 0 Å². The van der Waals surface area contributed by atoms with Gasteiger partial charge in [-0.1, -0.05) is 26.7 Å². The summed E-state index contributed by atoms with van der Waals surface area (Å²) >= 11 is 0. The zero-order chi connectivity index (χ0) is 13.6. The van der Waals surface area contributed by atoms with Gasteiger partial charge in [0, 0.05) is 19.5 Å². The van der Waals surface area contributed by atoms with Gasteiger partial charge < -0.3 is 10.0 Å². The molecule has 1 aliphatic heterocycles. The lowest BCUT2D eigenvalue weighted by Crippen LogP contribution is -2.49. The van der Waals surface area contributed by atoms with Crippen molar-refractivity contribution in [2.75, 3.05) is 13.1 Å². The molecule has 4 nitrogen and oxygen atoms in total. The van der Waals surface area contributed by atoms with Gasteiger partial charge in [0.05, 0.1) is 5.41 Å². The van der Waals surface area contributed by atoms with E-state index in [0.29, 0.717) is 25.8 Å². The summed E-state index contributed by atoms with van der Waals surface area (Å²) in [7, 11) is 0. The Labute approximate surface area is 109 Å². The first-order valence-electron chi connectivity index (χ1n) is 7.07. The molecule has 0 spiro atoms. The maximum absolute atomic E-state index is 12.0. The average molecular weight is 255 g/mol. The fraction of sp³-hybridized carbons (Fsp3) is 0.857. The van der Waals surface area contributed by atoms with Crippen LogP contribution in [0.15, 0.2) is 0 Å². The number of nitrogens with zero attached hydrogens (tertiary/aromatic N) is 1. The van der Waals surface area contributed by atoms with E-state index in [4.69, 9.17) is 0 Å². The third-order valence-corrected chi connectivity index (χ3v) is 3.86. The number of amides is 1. The van der Waals surface area contributed by atoms with Crippen LogP contribution in [0.3, 0.4) is 0 Å². The maximum atomic E-state index is 12.0. The molecule has 1 amide bonds. The van der Waals surface area contributed by atoms with E-state index in [-0.39, 0.29) is 5.91 Å². The van der Waals surface area contributed by atoms with E-state index in [9.17, 15) is 14.7 Å². The van der Waals surface area contributed by atoms with Gasteiger partial charge in [-0.15, -0.1) is 0 Å². The molecule has 0 aliphatic carbocycles. The fourth-order valence-corrected chi connectivity index (χ4v) is 2.79. The number of hydrogen-bond donors (Lipinski definition) is 1. The Bertz CT molecular complexity index is 299. The van der Waals surface area contributed by atoms with Crippen molar-refractivity contribution in [2.45, 2.75) is 58.8 Å². The minimum atomic E-state index is -0.739. The molecule has 0 bridgehead atoms. The van der Waals surface area contributed by atoms with Crippen molar-refractivity contribution in [3.05, 3.63) is 0 Å². The Morgan fingerprint density at radius 1 is 1.28 bits per heavy atom. The van der Waals surface area contributed by atoms with Crippen molar-refractivity contribution in [1.82, 2.24) is 4.90 Å². The smallest absolute Gasteiger partial charge is 0.311 e. The highest BCUT2D eigenvalue weighted by molar-refractivity contribution is 5.79. The third kappa shape index (κ3) is 3.47. The summed E-state index contributed by atoms with van der Waals surface area (Å²) in [6, 6.07) is 0. The monoisotopic (exact) mass is 255 g/mol. The third-order valence-electron chi connectivity index (χ3n) is 3.86. The number of carboxylic acids is 1. The van der Waals surface area contributed by atoms with Crippen LogP contribution in [0, 0.1) is 5.41 Å². The Morgan fingerprint density at radius 2 is 2.00 bits per heavy atom. The highest BCUT2D eigenvalue weighted by Crippen LogP contribution is 2.35. The maximum Gasteiger partial charge on any atom is 0.311 e. The van der Waals surface area contributed by atoms with Crippen LogP contribution in [0.4, 0.5) is 0 Å². The molecular weight excluding hydrogens is 230 g/mol. The van der Waals surface area contributed by atoms with E-state index in [1.807, 2.05) is 6.92 Å². The summed E-state index contributed by atoms with van der Waals surface area (Å²) in [5, 5.41) is 9.46. The van der Waals surface area contributed by atoms with Gasteiger partial charge in [-0.25, -0.2) is 0 Å². The number of rotatable bonds is 6. The number of likely N-dealkylation sites (tertiary alicyclic amines) is 1. The van der Waals surface area contributed by atoms with E-state index in [1.165, 1.54) is 0 Å². The zero-order valence-electron chi connectivity index (χ0n) is 11.6. The van der Waals surface area contributed by atoms with Crippen LogP contribution in [0.5, 0.6) is 0 Å². The van der Waals surface area contributed by atoms with Gasteiger partial charge in [-0.05, 0) is 25.7 Å². The quantitative estimate of drug-likeness (QED) is 0.793. The molecule has 18 heavy (non-hydrogen) atoms. The van der Waals surface area contributed by atoms with Crippen LogP contribution < -0.4 is 0 Å². The average Bonchev–Trinajstić information content (AvgIpc) is 2.36. The molecule has 1 rings (SSSR count). The lowest BCUT2D eigenvalue weighted by molar-refractivity contribution is -0.155. The predicted octanol–water partition coefficient (Wildman–Crippen LogP) is 2.67. The minimum absolute atomic E-state index is 0.123. The molecule has 0 aromatic heterocycles. The first-order chi connectivity index (χ1) is 8.55. The number of aliphatic carboxylic acids is 1. The number of piperidine rings is 1. The number of carbonyl (C=O) groups excluding carboxylic acids is 1. The second-order valence-corrected chi connectivity index (χ2v) is 5.36. The lowest BCUT2D eigenvalue weighted by Gasteiger charge is -2.40. The Hall–Kier alpha value is -1.06. The van der Waals surface area contributed by atoms with Crippen molar-refractivity contribution < 1.29 is 14.7 Å². The second kappa shape index (κ2) is 6.76. The first-order valence-corrected chi connectivity index (χ1v) is 7.07. The molecule has 0 radical (unpaired) electrons. The number of carboxylic acid groups (broad SMARTS) is 1. The van der Waals surface area contributed by atoms with Gasteiger partial charge in [-0.3, -0.25) is 9.59 Å². The molecule has 0 aromatic carbocycles. The largest absolute Gasteiger partial charge is 0.481 e. The molecule has 0 saturated carbocycles. The van der Waals surface area contributed by atoms with E-state index in [1.54, 1.807) is 4.90 Å². The summed E-state index contributed by atoms with van der Waals surface area (Å²) in [5.41, 5.74) is -0.700. The summed E-state index contributed by atoms with van der Waals surface area (Å²) in [6.45, 7) is 5.19. The number of carbonyl (C=O) groups is 2. The summed E-state index contributed by atoms with van der Waals surface area (Å²) < 4.78 is 0. The molecule has 1 atom stereocenters. The predicted molar refractivity (Wildman–Crippen MR) is 70.3 cm³/mol. The highest BCUT2D eigenvalue weighted by Gasteiger charge is 2.42. The Morgan fingerprint density at radius 3 is 2.56 bits per heavy atom. The molecule has 4 heteroatoms. The lowest BCUT2D eigenvalue weighted by atomic mass is 9.76. The van der Waals surface area contributed by atoms with Crippen LogP contribution in [-0.2, 0) is 9.59 Å². The van der Waals surface area contributed by atoms with Gasteiger partial charge in [0.1, 0.15) is 0 Å². The summed E-state index contributed by atoms with van der Waals surface area (Å²) in [4.78, 5) is 25.3. The van der Waals surface area contributed by atoms with Crippen LogP contribution in [0.25, 0.3) is 0 Å². The summed E-state index contributed by atoms with van der Waals surface area (Å²) in [5.74, 6) is -0.615. The van der Waals surface area contributed by atoms with Crippen molar-refractivity contribution in [3.63, 3.8) is 0 Å². The fourth-order valence-electron chi connectivity index (χ4n) is 2.79. The molecule has 1 heterocycles. The van der Waals surface area contributed by atoms with Crippen molar-refractivity contribution in [1.29, 1.82) is 0 Å². The first kappa shape index (κ1) is 15.0. The Balaban J connectivity index is 2.68. The van der Waals surface area contributed by atoms with E-state index in [2.05, 4.69) is 6.92 Å². The van der Waals surface area contributed by atoms with Gasteiger partial charge in [0.25, 0.3) is 0 Å². The number of hydrogen-bond acceptors (Lipinski definition) is 2. The SMILES string of the molecule is CCCCC(=O)N1CCCC(CCC)(C(=O)O)C1. The van der Waals surface area contributed by atoms with E-state index in [0.717, 1.165) is 32.2 Å². The highest BCUT2D eigenvalue weighted by atomic mass is 16.4. The Kier molecular flexibility index (Phi) is 5.63. The molecule has 1 fully saturated rings. The molecular formula is C14H25NO3. The molecule has 1 saturated heterocycles. The normalized spacial score (nSPS) is 24.0. The van der Waals surface area contributed by atoms with Gasteiger partial charge in [0.15, 0.2) is 0 Å². The standard InChI is InChI=1S/C14H25NO3/c1-3-5-7-12(16)15-10-6-9-14(11-15,8-4-2)13(17)18/h3-11H2,1-2H3,(H,17,18). The van der Waals surface area contributed by atoms with Crippen LogP contribution >= 0.6 is 0 Å². The molecule has 0 aromatic rings. The van der Waals surface area contributed by atoms with Crippen LogP contribution in [-0.4, -0.2) is 35.0 Å². The van der Waals surface area contributed by atoms with Crippen molar-refractivity contribution in [2.24, 2.45) is 5.41 Å². The topological polar surface area (TPSA) is 57.6 Å². The minimum Gasteiger partial charge on any atom is -0.481 e. The van der Waals surface area contributed by atoms with Crippen molar-refractivity contribution >= 4 is 11.9 Å². The second-order valence-electron chi connectivity index (χ2n) is 5.36. The van der Waals surface area contributed by atoms with Crippen LogP contribution in [0.2, 0.25) is 0 Å². The summed E-state index contributed by atoms with van der Waals surface area (Å²) in [6.07, 6.45) is 5.47. The molecule has 1 N–H and O–H groups in total. The zero-order valence-corrected chi connectivity index (χ0v) is 11.6. The molecule has 1 unspecified atom stereocenters. The van der Waals surface area contributed by atoms with Gasteiger partial charge >= 0.3 is 5.97 Å². The number of unbranched alkanes of at least 4 members (excludes halogenated alkanes) is 1. The van der Waals surface area contributed by atoms with Gasteiger partial charge in [0.2, 0.25) is 5.91 Å². The molecule has 1 aliphatic rings.